The van der Waals surface area contributed by atoms with E-state index in [2.05, 4.69) is 0 Å². The first kappa shape index (κ1) is 22.8. The van der Waals surface area contributed by atoms with Crippen molar-refractivity contribution in [1.29, 1.82) is 0 Å². The Bertz CT molecular complexity index is 1490. The minimum Gasteiger partial charge on any atom is -0.504 e. The monoisotopic (exact) mass is 491 g/mol. The van der Waals surface area contributed by atoms with Crippen LogP contribution in [0, 0.1) is 0 Å². The highest BCUT2D eigenvalue weighted by Crippen LogP contribution is 2.43. The lowest BCUT2D eigenvalue weighted by atomic mass is 9.97. The van der Waals surface area contributed by atoms with E-state index in [1.165, 1.54) is 17.0 Å². The molecule has 5 rings (SSSR count). The van der Waals surface area contributed by atoms with Gasteiger partial charge in [0.1, 0.15) is 11.3 Å². The Labute approximate surface area is 206 Å². The van der Waals surface area contributed by atoms with Crippen LogP contribution < -0.4 is 19.8 Å². The summed E-state index contributed by atoms with van der Waals surface area (Å²) in [5, 5.41) is 10.9. The van der Waals surface area contributed by atoms with Crippen LogP contribution in [0.4, 0.5) is 5.69 Å². The quantitative estimate of drug-likeness (QED) is 0.372. The Hall–Kier alpha value is -3.97. The number of hydrogen-bond acceptors (Lipinski definition) is 6. The molecule has 2 heterocycles. The topological polar surface area (TPSA) is 89.2 Å². The van der Waals surface area contributed by atoms with Crippen molar-refractivity contribution < 1.29 is 23.8 Å². The van der Waals surface area contributed by atoms with Crippen LogP contribution in [0.3, 0.4) is 0 Å². The first-order valence-corrected chi connectivity index (χ1v) is 11.6. The Balaban J connectivity index is 1.75. The zero-order valence-corrected chi connectivity index (χ0v) is 19.8. The van der Waals surface area contributed by atoms with Gasteiger partial charge in [0, 0.05) is 10.7 Å². The van der Waals surface area contributed by atoms with Crippen LogP contribution in [0.25, 0.3) is 11.0 Å². The van der Waals surface area contributed by atoms with Gasteiger partial charge in [0.25, 0.3) is 5.91 Å². The van der Waals surface area contributed by atoms with E-state index in [4.69, 9.17) is 25.5 Å². The summed E-state index contributed by atoms with van der Waals surface area (Å²) in [5.74, 6) is 0.398. The number of hydrogen-bond donors (Lipinski definition) is 1. The molecule has 35 heavy (non-hydrogen) atoms. The molecular weight excluding hydrogens is 470 g/mol. The van der Waals surface area contributed by atoms with Crippen LogP contribution in [0.15, 0.2) is 69.9 Å². The zero-order chi connectivity index (χ0) is 24.7. The van der Waals surface area contributed by atoms with E-state index in [0.29, 0.717) is 35.2 Å². The molecule has 0 spiro atoms. The van der Waals surface area contributed by atoms with Crippen LogP contribution in [0.2, 0.25) is 5.02 Å². The van der Waals surface area contributed by atoms with Gasteiger partial charge in [0.05, 0.1) is 30.2 Å². The summed E-state index contributed by atoms with van der Waals surface area (Å²) in [7, 11) is 0. The van der Waals surface area contributed by atoms with Gasteiger partial charge < -0.3 is 19.0 Å². The summed E-state index contributed by atoms with van der Waals surface area (Å²) < 4.78 is 17.1. The Morgan fingerprint density at radius 3 is 2.43 bits per heavy atom. The second-order valence-corrected chi connectivity index (χ2v) is 8.42. The number of amides is 1. The number of phenols is 1. The van der Waals surface area contributed by atoms with E-state index < -0.39 is 11.9 Å². The van der Waals surface area contributed by atoms with Crippen molar-refractivity contribution in [3.05, 3.63) is 92.8 Å². The fraction of sp³-hybridized carbons (Fsp3) is 0.185. The lowest BCUT2D eigenvalue weighted by Gasteiger charge is -2.26. The van der Waals surface area contributed by atoms with Gasteiger partial charge in [-0.25, -0.2) is 0 Å². The summed E-state index contributed by atoms with van der Waals surface area (Å²) in [5.41, 5.74) is 1.27. The molecular formula is C27H22ClNO6. The zero-order valence-electron chi connectivity index (χ0n) is 19.1. The predicted octanol–water partition coefficient (Wildman–Crippen LogP) is 5.70. The molecule has 0 saturated heterocycles. The maximum Gasteiger partial charge on any atom is 0.295 e. The fourth-order valence-electron chi connectivity index (χ4n) is 4.37. The number of rotatable bonds is 6. The number of ether oxygens (including phenoxy) is 2. The second kappa shape index (κ2) is 9.00. The van der Waals surface area contributed by atoms with Gasteiger partial charge >= 0.3 is 0 Å². The highest BCUT2D eigenvalue weighted by Gasteiger charge is 2.44. The molecule has 1 N–H and O–H groups in total. The van der Waals surface area contributed by atoms with Crippen molar-refractivity contribution in [2.24, 2.45) is 0 Å². The molecule has 0 fully saturated rings. The highest BCUT2D eigenvalue weighted by atomic mass is 35.5. The van der Waals surface area contributed by atoms with Crippen LogP contribution in [0.1, 0.15) is 41.6 Å². The largest absolute Gasteiger partial charge is 0.504 e. The minimum absolute atomic E-state index is 0.0326. The molecule has 0 aliphatic carbocycles. The summed E-state index contributed by atoms with van der Waals surface area (Å²) in [6.07, 6.45) is 0. The third-order valence-corrected chi connectivity index (χ3v) is 6.09. The lowest BCUT2D eigenvalue weighted by Crippen LogP contribution is -2.29. The molecule has 1 unspecified atom stereocenters. The summed E-state index contributed by atoms with van der Waals surface area (Å²) >= 11 is 6.15. The number of carbonyl (C=O) groups is 1. The molecule has 1 atom stereocenters. The molecule has 0 saturated carbocycles. The van der Waals surface area contributed by atoms with E-state index in [-0.39, 0.29) is 39.2 Å². The van der Waals surface area contributed by atoms with Gasteiger partial charge in [-0.15, -0.1) is 0 Å². The van der Waals surface area contributed by atoms with Crippen molar-refractivity contribution in [3.8, 4) is 17.2 Å². The lowest BCUT2D eigenvalue weighted by molar-refractivity contribution is 0.0971. The molecule has 7 nitrogen and oxygen atoms in total. The van der Waals surface area contributed by atoms with Crippen molar-refractivity contribution in [1.82, 2.24) is 0 Å². The molecule has 1 amide bonds. The van der Waals surface area contributed by atoms with Crippen molar-refractivity contribution in [3.63, 3.8) is 0 Å². The second-order valence-electron chi connectivity index (χ2n) is 7.98. The number of benzene rings is 3. The molecule has 1 aromatic heterocycles. The fourth-order valence-corrected chi connectivity index (χ4v) is 4.54. The molecule has 3 aromatic carbocycles. The van der Waals surface area contributed by atoms with Crippen molar-refractivity contribution in [2.45, 2.75) is 19.9 Å². The first-order valence-electron chi connectivity index (χ1n) is 11.2. The maximum absolute atomic E-state index is 13.7. The Kier molecular flexibility index (Phi) is 5.86. The average molecular weight is 492 g/mol. The number of halogens is 1. The van der Waals surface area contributed by atoms with Crippen LogP contribution in [0.5, 0.6) is 17.2 Å². The first-order chi connectivity index (χ1) is 16.9. The number of phenolic OH excluding ortho intramolecular Hbond substituents is 1. The summed E-state index contributed by atoms with van der Waals surface area (Å²) in [6.45, 7) is 4.54. The molecule has 1 aliphatic rings. The number of carbonyl (C=O) groups excluding carboxylic acids is 1. The number of anilines is 1. The van der Waals surface area contributed by atoms with Gasteiger partial charge in [0.2, 0.25) is 5.76 Å². The predicted molar refractivity (Wildman–Crippen MR) is 133 cm³/mol. The van der Waals surface area contributed by atoms with E-state index >= 15 is 0 Å². The van der Waals surface area contributed by atoms with Gasteiger partial charge in [-0.3, -0.25) is 14.5 Å². The molecule has 1 aliphatic heterocycles. The minimum atomic E-state index is -0.810. The Morgan fingerprint density at radius 1 is 0.971 bits per heavy atom. The number of nitrogens with zero attached hydrogens (tertiary/aromatic N) is 1. The average Bonchev–Trinajstić information content (AvgIpc) is 3.14. The standard InChI is InChI=1S/C27H22ClNO6/c1-3-33-18-9-7-17(8-10-18)29-24(15-5-11-20(30)22(13-15)34-4-2)23-25(31)19-14-16(28)6-12-21(19)35-26(23)27(29)32/h5-14,24,30H,3-4H2,1-2H3. The molecule has 0 bridgehead atoms. The van der Waals surface area contributed by atoms with Crippen LogP contribution >= 0.6 is 11.6 Å². The maximum atomic E-state index is 13.7. The normalized spacial score (nSPS) is 14.9. The number of fused-ring (bicyclic) bond motifs is 2. The smallest absolute Gasteiger partial charge is 0.295 e. The van der Waals surface area contributed by atoms with Crippen LogP contribution in [-0.2, 0) is 0 Å². The van der Waals surface area contributed by atoms with E-state index in [1.807, 2.05) is 6.92 Å². The number of aromatic hydroxyl groups is 1. The van der Waals surface area contributed by atoms with Crippen LogP contribution in [-0.4, -0.2) is 24.2 Å². The van der Waals surface area contributed by atoms with Crippen molar-refractivity contribution >= 4 is 34.2 Å². The van der Waals surface area contributed by atoms with Gasteiger partial charge in [-0.05, 0) is 74.0 Å². The van der Waals surface area contributed by atoms with Gasteiger partial charge in [0.15, 0.2) is 16.9 Å². The van der Waals surface area contributed by atoms with Gasteiger partial charge in [-0.2, -0.15) is 0 Å². The third-order valence-electron chi connectivity index (χ3n) is 5.86. The highest BCUT2D eigenvalue weighted by molar-refractivity contribution is 6.31. The Morgan fingerprint density at radius 2 is 1.71 bits per heavy atom. The van der Waals surface area contributed by atoms with E-state index in [0.717, 1.165) is 0 Å². The van der Waals surface area contributed by atoms with E-state index in [9.17, 15) is 14.7 Å². The van der Waals surface area contributed by atoms with Gasteiger partial charge in [-0.1, -0.05) is 17.7 Å². The third kappa shape index (κ3) is 3.88. The molecule has 178 valence electrons. The summed E-state index contributed by atoms with van der Waals surface area (Å²) in [4.78, 5) is 28.9. The van der Waals surface area contributed by atoms with Crippen molar-refractivity contribution in [2.75, 3.05) is 18.1 Å². The SMILES string of the molecule is CCOc1ccc(N2C(=O)c3oc4ccc(Cl)cc4c(=O)c3C2c2ccc(O)c(OCC)c2)cc1. The molecule has 0 radical (unpaired) electrons. The summed E-state index contributed by atoms with van der Waals surface area (Å²) in [6, 6.07) is 15.7. The van der Waals surface area contributed by atoms with E-state index in [1.54, 1.807) is 55.5 Å². The molecule has 8 heteroatoms. The molecule has 4 aromatic rings.